The Morgan fingerprint density at radius 1 is 1.11 bits per heavy atom. The molecule has 0 aliphatic carbocycles. The minimum absolute atomic E-state index is 0.137. The molecule has 1 aromatic rings. The van der Waals surface area contributed by atoms with Crippen LogP contribution in [0, 0.1) is 0 Å². The van der Waals surface area contributed by atoms with Crippen molar-refractivity contribution >= 4 is 0 Å². The van der Waals surface area contributed by atoms with Crippen molar-refractivity contribution in [3.8, 4) is 5.75 Å². The predicted octanol–water partition coefficient (Wildman–Crippen LogP) is 3.02. The van der Waals surface area contributed by atoms with E-state index in [1.54, 1.807) is 12.2 Å². The van der Waals surface area contributed by atoms with Gasteiger partial charge in [0.1, 0.15) is 5.75 Å². The zero-order chi connectivity index (χ0) is 14.0. The maximum absolute atomic E-state index is 9.52. The molecule has 0 unspecified atom stereocenters. The number of aliphatic hydroxyl groups is 1. The first-order valence-electron chi connectivity index (χ1n) is 6.65. The molecule has 1 N–H and O–H groups in total. The fraction of sp³-hybridized carbons (Fsp3) is 0.500. The summed E-state index contributed by atoms with van der Waals surface area (Å²) in [4.78, 5) is 0. The largest absolute Gasteiger partial charge is 0.461 e. The Bertz CT molecular complexity index is 442. The molecule has 1 aromatic carbocycles. The van der Waals surface area contributed by atoms with Gasteiger partial charge in [-0.05, 0) is 36.1 Å². The van der Waals surface area contributed by atoms with Crippen LogP contribution in [-0.4, -0.2) is 23.6 Å². The Labute approximate surface area is 114 Å². The lowest BCUT2D eigenvalue weighted by Crippen LogP contribution is -2.35. The van der Waals surface area contributed by atoms with E-state index in [0.717, 1.165) is 5.75 Å². The third-order valence-corrected chi connectivity index (χ3v) is 3.27. The molecule has 0 radical (unpaired) electrons. The lowest BCUT2D eigenvalue weighted by Gasteiger charge is -2.27. The van der Waals surface area contributed by atoms with E-state index in [-0.39, 0.29) is 11.5 Å². The molecule has 19 heavy (non-hydrogen) atoms. The average molecular weight is 262 g/mol. The highest BCUT2D eigenvalue weighted by Crippen LogP contribution is 2.25. The maximum atomic E-state index is 9.52. The van der Waals surface area contributed by atoms with Gasteiger partial charge < -0.3 is 14.6 Å². The van der Waals surface area contributed by atoms with Crippen molar-refractivity contribution < 1.29 is 14.6 Å². The van der Waals surface area contributed by atoms with Crippen LogP contribution in [0.1, 0.15) is 33.3 Å². The van der Waals surface area contributed by atoms with Gasteiger partial charge in [-0.3, -0.25) is 0 Å². The third-order valence-electron chi connectivity index (χ3n) is 3.27. The Morgan fingerprint density at radius 3 is 2.26 bits per heavy atom. The minimum atomic E-state index is -0.553. The van der Waals surface area contributed by atoms with Crippen LogP contribution in [0.2, 0.25) is 0 Å². The van der Waals surface area contributed by atoms with E-state index in [1.165, 1.54) is 5.56 Å². The molecule has 1 aliphatic rings. The molecule has 104 valence electrons. The van der Waals surface area contributed by atoms with E-state index in [0.29, 0.717) is 0 Å². The molecule has 0 amide bonds. The molecule has 3 nitrogen and oxygen atoms in total. The van der Waals surface area contributed by atoms with Gasteiger partial charge in [-0.1, -0.05) is 39.0 Å². The smallest absolute Gasteiger partial charge is 0.220 e. The highest BCUT2D eigenvalue weighted by molar-refractivity contribution is 5.31. The summed E-state index contributed by atoms with van der Waals surface area (Å²) < 4.78 is 11.3. The first-order valence-corrected chi connectivity index (χ1v) is 6.65. The third kappa shape index (κ3) is 3.58. The standard InChI is InChI=1S/C16H22O3/c1-11-14(17)9-10-15(18-11)19-13-7-5-12(6-8-13)16(2,3)4/h5-11,14-15,17H,1-4H3/t11-,14+,15+/m0/s1. The van der Waals surface area contributed by atoms with E-state index in [4.69, 9.17) is 9.47 Å². The number of hydrogen-bond acceptors (Lipinski definition) is 3. The predicted molar refractivity (Wildman–Crippen MR) is 75.3 cm³/mol. The monoisotopic (exact) mass is 262 g/mol. The zero-order valence-electron chi connectivity index (χ0n) is 12.0. The molecule has 0 spiro atoms. The summed E-state index contributed by atoms with van der Waals surface area (Å²) in [5.74, 6) is 0.770. The molecule has 0 aromatic heterocycles. The van der Waals surface area contributed by atoms with Gasteiger partial charge in [-0.15, -0.1) is 0 Å². The lowest BCUT2D eigenvalue weighted by atomic mass is 9.87. The number of hydrogen-bond donors (Lipinski definition) is 1. The Kier molecular flexibility index (Phi) is 3.97. The molecule has 2 rings (SSSR count). The SMILES string of the molecule is C[C@@H]1O[C@H](Oc2ccc(C(C)(C)C)cc2)C=C[C@H]1O. The number of aliphatic hydroxyl groups excluding tert-OH is 1. The van der Waals surface area contributed by atoms with Crippen LogP contribution in [0.25, 0.3) is 0 Å². The first-order chi connectivity index (χ1) is 8.86. The van der Waals surface area contributed by atoms with Crippen molar-refractivity contribution in [1.82, 2.24) is 0 Å². The van der Waals surface area contributed by atoms with Gasteiger partial charge in [-0.2, -0.15) is 0 Å². The summed E-state index contributed by atoms with van der Waals surface area (Å²) in [6.45, 7) is 8.37. The van der Waals surface area contributed by atoms with Crippen LogP contribution >= 0.6 is 0 Å². The van der Waals surface area contributed by atoms with Crippen molar-refractivity contribution in [2.45, 2.75) is 51.6 Å². The highest BCUT2D eigenvalue weighted by Gasteiger charge is 2.22. The summed E-state index contributed by atoms with van der Waals surface area (Å²) in [7, 11) is 0. The summed E-state index contributed by atoms with van der Waals surface area (Å²) in [6, 6.07) is 8.04. The van der Waals surface area contributed by atoms with E-state index in [9.17, 15) is 5.11 Å². The van der Waals surface area contributed by atoms with E-state index in [1.807, 2.05) is 19.1 Å². The first kappa shape index (κ1) is 14.1. The summed E-state index contributed by atoms with van der Waals surface area (Å²) in [6.07, 6.45) is 2.22. The highest BCUT2D eigenvalue weighted by atomic mass is 16.7. The van der Waals surface area contributed by atoms with Crippen LogP contribution in [0.3, 0.4) is 0 Å². The van der Waals surface area contributed by atoms with E-state index in [2.05, 4.69) is 32.9 Å². The number of ether oxygens (including phenoxy) is 2. The van der Waals surface area contributed by atoms with Gasteiger partial charge in [0.2, 0.25) is 6.29 Å². The minimum Gasteiger partial charge on any atom is -0.461 e. The van der Waals surface area contributed by atoms with Crippen molar-refractivity contribution in [3.05, 3.63) is 42.0 Å². The van der Waals surface area contributed by atoms with Crippen molar-refractivity contribution in [3.63, 3.8) is 0 Å². The quantitative estimate of drug-likeness (QED) is 0.833. The summed E-state index contributed by atoms with van der Waals surface area (Å²) >= 11 is 0. The van der Waals surface area contributed by atoms with Gasteiger partial charge in [0.15, 0.2) is 0 Å². The molecule has 0 bridgehead atoms. The second-order valence-electron chi connectivity index (χ2n) is 5.98. The van der Waals surface area contributed by atoms with Crippen LogP contribution in [0.5, 0.6) is 5.75 Å². The molecule has 3 atom stereocenters. The maximum Gasteiger partial charge on any atom is 0.220 e. The second-order valence-corrected chi connectivity index (χ2v) is 5.98. The Hall–Kier alpha value is -1.32. The summed E-state index contributed by atoms with van der Waals surface area (Å²) in [5, 5.41) is 9.52. The molecule has 0 fully saturated rings. The van der Waals surface area contributed by atoms with Crippen LogP contribution in [-0.2, 0) is 10.2 Å². The average Bonchev–Trinajstić information content (AvgIpc) is 2.33. The molecule has 0 saturated carbocycles. The van der Waals surface area contributed by atoms with Crippen LogP contribution < -0.4 is 4.74 Å². The van der Waals surface area contributed by atoms with E-state index < -0.39 is 12.4 Å². The fourth-order valence-corrected chi connectivity index (χ4v) is 1.93. The molecular formula is C16H22O3. The topological polar surface area (TPSA) is 38.7 Å². The van der Waals surface area contributed by atoms with Gasteiger partial charge in [0.25, 0.3) is 0 Å². The Balaban J connectivity index is 2.03. The Morgan fingerprint density at radius 2 is 1.74 bits per heavy atom. The van der Waals surface area contributed by atoms with Gasteiger partial charge >= 0.3 is 0 Å². The second kappa shape index (κ2) is 5.35. The molecule has 1 aliphatic heterocycles. The zero-order valence-corrected chi connectivity index (χ0v) is 12.0. The molecule has 3 heteroatoms. The van der Waals surface area contributed by atoms with Crippen molar-refractivity contribution in [2.24, 2.45) is 0 Å². The normalized spacial score (nSPS) is 27.3. The number of rotatable bonds is 2. The van der Waals surface area contributed by atoms with Crippen LogP contribution in [0.4, 0.5) is 0 Å². The van der Waals surface area contributed by atoms with E-state index >= 15 is 0 Å². The van der Waals surface area contributed by atoms with Crippen molar-refractivity contribution in [1.29, 1.82) is 0 Å². The fourth-order valence-electron chi connectivity index (χ4n) is 1.93. The van der Waals surface area contributed by atoms with Crippen LogP contribution in [0.15, 0.2) is 36.4 Å². The van der Waals surface area contributed by atoms with Gasteiger partial charge in [-0.25, -0.2) is 0 Å². The van der Waals surface area contributed by atoms with Gasteiger partial charge in [0, 0.05) is 0 Å². The number of benzene rings is 1. The molecular weight excluding hydrogens is 240 g/mol. The lowest BCUT2D eigenvalue weighted by molar-refractivity contribution is -0.122. The van der Waals surface area contributed by atoms with Gasteiger partial charge in [0.05, 0.1) is 12.2 Å². The molecule has 0 saturated heterocycles. The molecule has 1 heterocycles. The summed E-state index contributed by atoms with van der Waals surface area (Å²) in [5.41, 5.74) is 1.40. The van der Waals surface area contributed by atoms with Crippen molar-refractivity contribution in [2.75, 3.05) is 0 Å².